The van der Waals surface area contributed by atoms with Crippen molar-refractivity contribution in [2.45, 2.75) is 25.4 Å². The van der Waals surface area contributed by atoms with Gasteiger partial charge in [0.1, 0.15) is 29.1 Å². The molecule has 1 aliphatic heterocycles. The van der Waals surface area contributed by atoms with Gasteiger partial charge in [0.05, 0.1) is 19.0 Å². The van der Waals surface area contributed by atoms with Crippen LogP contribution in [0.1, 0.15) is 29.0 Å². The lowest BCUT2D eigenvalue weighted by Gasteiger charge is -2.28. The van der Waals surface area contributed by atoms with E-state index in [9.17, 15) is 5.11 Å². The van der Waals surface area contributed by atoms with Gasteiger partial charge in [-0.05, 0) is 30.2 Å². The summed E-state index contributed by atoms with van der Waals surface area (Å²) in [6.07, 6.45) is 7.96. The average Bonchev–Trinajstić information content (AvgIpc) is 3.33. The summed E-state index contributed by atoms with van der Waals surface area (Å²) >= 11 is 0. The van der Waals surface area contributed by atoms with E-state index < -0.39 is 0 Å². The first-order valence-corrected chi connectivity index (χ1v) is 10.4. The number of aromatic hydroxyl groups is 1. The minimum absolute atomic E-state index is 0.122. The number of phenolic OH excluding ortho intramolecular Hbond substituents is 1. The number of aryl methyl sites for hydroxylation is 2. The second-order valence-electron chi connectivity index (χ2n) is 7.69. The molecule has 0 bridgehead atoms. The Labute approximate surface area is 184 Å². The first-order valence-electron chi connectivity index (χ1n) is 10.4. The Morgan fingerprint density at radius 2 is 1.97 bits per heavy atom. The molecule has 4 aromatic rings. The largest absolute Gasteiger partial charge is 0.508 e. The van der Waals surface area contributed by atoms with Crippen molar-refractivity contribution in [2.24, 2.45) is 0 Å². The summed E-state index contributed by atoms with van der Waals surface area (Å²) in [6.45, 7) is 1.46. The molecule has 5 rings (SSSR count). The molecule has 0 amide bonds. The van der Waals surface area contributed by atoms with Crippen molar-refractivity contribution < 1.29 is 14.6 Å². The number of rotatable bonds is 6. The molecule has 2 aromatic heterocycles. The van der Waals surface area contributed by atoms with E-state index in [-0.39, 0.29) is 11.7 Å². The molecular weight excluding hydrogens is 406 g/mol. The molecule has 0 radical (unpaired) electrons. The number of phenols is 1. The lowest BCUT2D eigenvalue weighted by Crippen LogP contribution is -2.30. The fourth-order valence-electron chi connectivity index (χ4n) is 4.11. The topological polar surface area (TPSA) is 98.2 Å². The molecule has 0 fully saturated rings. The number of nitrogens with one attached hydrogen (secondary N) is 1. The van der Waals surface area contributed by atoms with Gasteiger partial charge in [-0.15, -0.1) is 0 Å². The van der Waals surface area contributed by atoms with Crippen LogP contribution >= 0.6 is 0 Å². The summed E-state index contributed by atoms with van der Waals surface area (Å²) < 4.78 is 15.2. The van der Waals surface area contributed by atoms with E-state index in [1.165, 1.54) is 0 Å². The molecule has 8 heteroatoms. The molecule has 0 saturated heterocycles. The van der Waals surface area contributed by atoms with Gasteiger partial charge in [0, 0.05) is 43.0 Å². The second-order valence-corrected chi connectivity index (χ2v) is 7.69. The maximum atomic E-state index is 9.97. The third kappa shape index (κ3) is 3.60. The van der Waals surface area contributed by atoms with Gasteiger partial charge in [-0.25, -0.2) is 9.97 Å². The predicted molar refractivity (Wildman–Crippen MR) is 117 cm³/mol. The molecule has 0 aliphatic carbocycles. The zero-order valence-electron chi connectivity index (χ0n) is 17.6. The number of fused-ring (bicyclic) bond motifs is 2. The van der Waals surface area contributed by atoms with Crippen LogP contribution in [0, 0.1) is 5.41 Å². The normalized spacial score (nSPS) is 14.3. The van der Waals surface area contributed by atoms with Crippen molar-refractivity contribution in [3.8, 4) is 23.1 Å². The van der Waals surface area contributed by atoms with E-state index in [0.29, 0.717) is 29.2 Å². The number of methoxy groups -OCH3 is 1. The van der Waals surface area contributed by atoms with Crippen LogP contribution in [-0.4, -0.2) is 31.3 Å². The molecule has 2 N–H and O–H groups in total. The average molecular weight is 429 g/mol. The van der Waals surface area contributed by atoms with Crippen LogP contribution in [0.3, 0.4) is 0 Å². The second kappa shape index (κ2) is 8.22. The molecule has 2 aromatic carbocycles. The summed E-state index contributed by atoms with van der Waals surface area (Å²) in [5.41, 5.74) is 2.94. The quantitative estimate of drug-likeness (QED) is 0.429. The number of aromatic nitrogens is 4. The highest BCUT2D eigenvalue weighted by atomic mass is 16.5. The van der Waals surface area contributed by atoms with E-state index in [1.807, 2.05) is 45.7 Å². The number of ether oxygens (including phenoxy) is 2. The maximum absolute atomic E-state index is 9.97. The third-order valence-corrected chi connectivity index (χ3v) is 5.71. The van der Waals surface area contributed by atoms with Gasteiger partial charge in [-0.1, -0.05) is 18.2 Å². The molecule has 32 heavy (non-hydrogen) atoms. The van der Waals surface area contributed by atoms with Crippen LogP contribution in [0.2, 0.25) is 0 Å². The van der Waals surface area contributed by atoms with Crippen LogP contribution < -0.4 is 15.0 Å². The van der Waals surface area contributed by atoms with Gasteiger partial charge in [0.15, 0.2) is 0 Å². The Hall–Kier alpha value is -4.07. The molecule has 162 valence electrons. The molecule has 0 saturated carbocycles. The Morgan fingerprint density at radius 3 is 2.72 bits per heavy atom. The first kappa shape index (κ1) is 19.9. The number of benzene rings is 2. The van der Waals surface area contributed by atoms with Gasteiger partial charge in [-0.2, -0.15) is 0 Å². The van der Waals surface area contributed by atoms with E-state index in [1.54, 1.807) is 38.1 Å². The van der Waals surface area contributed by atoms with Gasteiger partial charge in [-0.3, -0.25) is 5.41 Å². The minimum atomic E-state index is -0.249. The molecule has 1 aliphatic rings. The van der Waals surface area contributed by atoms with Crippen LogP contribution in [0.4, 0.5) is 0 Å². The Morgan fingerprint density at radius 1 is 1.12 bits per heavy atom. The van der Waals surface area contributed by atoms with E-state index >= 15 is 0 Å². The summed E-state index contributed by atoms with van der Waals surface area (Å²) in [7, 11) is 1.63. The van der Waals surface area contributed by atoms with E-state index in [0.717, 1.165) is 29.8 Å². The molecule has 3 heterocycles. The molecule has 0 spiro atoms. The molecule has 8 nitrogen and oxygen atoms in total. The lowest BCUT2D eigenvalue weighted by atomic mass is 9.84. The SMILES string of the molecule is COc1ccc(C2c3ccc(O)cc3Oc3ncn(CCCn4ccnc4)c(=N)c32)cc1. The predicted octanol–water partition coefficient (Wildman–Crippen LogP) is 3.65. The van der Waals surface area contributed by atoms with Crippen molar-refractivity contribution in [3.63, 3.8) is 0 Å². The Balaban J connectivity index is 1.55. The Kier molecular flexibility index (Phi) is 5.10. The van der Waals surface area contributed by atoms with Crippen molar-refractivity contribution >= 4 is 0 Å². The molecule has 1 unspecified atom stereocenters. The molecular formula is C24H23N5O3. The monoisotopic (exact) mass is 429 g/mol. The number of hydrogen-bond acceptors (Lipinski definition) is 6. The number of hydrogen-bond donors (Lipinski definition) is 2. The van der Waals surface area contributed by atoms with E-state index in [4.69, 9.17) is 14.9 Å². The minimum Gasteiger partial charge on any atom is -0.508 e. The highest BCUT2D eigenvalue weighted by Crippen LogP contribution is 2.46. The number of imidazole rings is 1. The standard InChI is InChI=1S/C24H23N5O3/c1-31-18-6-3-16(4-7-18)21-19-8-5-17(30)13-20(19)32-24-22(21)23(25)29(15-27-24)11-2-10-28-12-9-26-14-28/h3-9,12-15,21,25,30H,2,10-11H2,1H3. The smallest absolute Gasteiger partial charge is 0.228 e. The fraction of sp³-hybridized carbons (Fsp3) is 0.208. The van der Waals surface area contributed by atoms with Crippen LogP contribution in [0.5, 0.6) is 23.1 Å². The maximum Gasteiger partial charge on any atom is 0.228 e. The van der Waals surface area contributed by atoms with Crippen molar-refractivity contribution in [2.75, 3.05) is 7.11 Å². The summed E-state index contributed by atoms with van der Waals surface area (Å²) in [5, 5.41) is 18.9. The van der Waals surface area contributed by atoms with Crippen LogP contribution in [-0.2, 0) is 13.1 Å². The highest BCUT2D eigenvalue weighted by molar-refractivity contribution is 5.57. The van der Waals surface area contributed by atoms with Gasteiger partial charge in [0.25, 0.3) is 0 Å². The number of nitrogens with zero attached hydrogens (tertiary/aromatic N) is 4. The lowest BCUT2D eigenvalue weighted by molar-refractivity contribution is 0.410. The zero-order chi connectivity index (χ0) is 22.1. The van der Waals surface area contributed by atoms with Gasteiger partial charge in [0.2, 0.25) is 5.88 Å². The zero-order valence-corrected chi connectivity index (χ0v) is 17.6. The van der Waals surface area contributed by atoms with Crippen LogP contribution in [0.25, 0.3) is 0 Å². The Bertz CT molecular complexity index is 1300. The van der Waals surface area contributed by atoms with E-state index in [2.05, 4.69) is 9.97 Å². The summed E-state index contributed by atoms with van der Waals surface area (Å²) in [6, 6.07) is 12.9. The molecule has 1 atom stereocenters. The van der Waals surface area contributed by atoms with Crippen molar-refractivity contribution in [1.82, 2.24) is 19.1 Å². The van der Waals surface area contributed by atoms with Crippen LogP contribution in [0.15, 0.2) is 67.5 Å². The fourth-order valence-corrected chi connectivity index (χ4v) is 4.11. The van der Waals surface area contributed by atoms with Crippen molar-refractivity contribution in [1.29, 1.82) is 5.41 Å². The van der Waals surface area contributed by atoms with Crippen molar-refractivity contribution in [3.05, 3.63) is 89.7 Å². The summed E-state index contributed by atoms with van der Waals surface area (Å²) in [5.74, 6) is 1.57. The highest BCUT2D eigenvalue weighted by Gasteiger charge is 2.32. The van der Waals surface area contributed by atoms with Gasteiger partial charge < -0.3 is 23.7 Å². The third-order valence-electron chi connectivity index (χ3n) is 5.71. The summed E-state index contributed by atoms with van der Waals surface area (Å²) in [4.78, 5) is 8.60. The first-order chi connectivity index (χ1) is 15.6. The van der Waals surface area contributed by atoms with Gasteiger partial charge >= 0.3 is 0 Å².